The van der Waals surface area contributed by atoms with E-state index in [9.17, 15) is 31.1 Å². The van der Waals surface area contributed by atoms with Crippen LogP contribution in [0.5, 0.6) is 11.5 Å². The predicted octanol–water partition coefficient (Wildman–Crippen LogP) is 8.57. The van der Waals surface area contributed by atoms with E-state index in [1.807, 2.05) is 25.1 Å². The van der Waals surface area contributed by atoms with Crippen molar-refractivity contribution in [2.45, 2.75) is 38.7 Å². The van der Waals surface area contributed by atoms with Gasteiger partial charge in [-0.05, 0) is 95.8 Å². The minimum absolute atomic E-state index is 0.0586. The maximum atomic E-state index is 14.7. The van der Waals surface area contributed by atoms with Crippen molar-refractivity contribution in [2.24, 2.45) is 0 Å². The summed E-state index contributed by atoms with van der Waals surface area (Å²) in [5.74, 6) is -2.49. The second kappa shape index (κ2) is 14.3. The van der Waals surface area contributed by atoms with Gasteiger partial charge < -0.3 is 25.7 Å². The standard InChI is InChI=1S/C34H30F6N2O4/c1-21-17-24(41)6-11-28(21)29-12-7-25(42)18-23(29)20-45-32(43)14-5-22-3-8-26(9-4-22)46-34(39,40)30-13-10-27(19-31(30)35)44-16-2-15-33(36,37)38/h3-14,17-19H,2,15-16,20,41-42H2,1H3/b14-5+. The number of alkyl halides is 5. The largest absolute Gasteiger partial charge is 0.493 e. The zero-order valence-corrected chi connectivity index (χ0v) is 24.5. The Bertz CT molecular complexity index is 1710. The monoisotopic (exact) mass is 644 g/mol. The van der Waals surface area contributed by atoms with Crippen LogP contribution in [0.15, 0.2) is 84.9 Å². The highest BCUT2D eigenvalue weighted by Crippen LogP contribution is 2.35. The molecule has 4 rings (SSSR count). The number of anilines is 2. The number of nitrogens with two attached hydrogens (primary N) is 2. The maximum Gasteiger partial charge on any atom is 0.429 e. The zero-order valence-electron chi connectivity index (χ0n) is 24.5. The van der Waals surface area contributed by atoms with Gasteiger partial charge in [-0.2, -0.15) is 22.0 Å². The number of esters is 1. The molecule has 0 atom stereocenters. The van der Waals surface area contributed by atoms with Gasteiger partial charge in [-0.1, -0.05) is 24.3 Å². The fourth-order valence-corrected chi connectivity index (χ4v) is 4.48. The number of nitrogen functional groups attached to an aromatic ring is 2. The fraction of sp³-hybridized carbons (Fsp3) is 0.206. The second-order valence-electron chi connectivity index (χ2n) is 10.3. The molecule has 4 N–H and O–H groups in total. The normalized spacial score (nSPS) is 11.9. The second-order valence-corrected chi connectivity index (χ2v) is 10.3. The molecule has 0 amide bonds. The Morgan fingerprint density at radius 2 is 1.48 bits per heavy atom. The summed E-state index contributed by atoms with van der Waals surface area (Å²) < 4.78 is 95.7. The number of ether oxygens (including phenoxy) is 3. The van der Waals surface area contributed by atoms with Crippen LogP contribution in [0, 0.1) is 12.7 Å². The van der Waals surface area contributed by atoms with Crippen molar-refractivity contribution < 1.29 is 45.3 Å². The van der Waals surface area contributed by atoms with Gasteiger partial charge >= 0.3 is 18.3 Å². The highest BCUT2D eigenvalue weighted by Gasteiger charge is 2.38. The summed E-state index contributed by atoms with van der Waals surface area (Å²) in [7, 11) is 0. The molecular formula is C34H30F6N2O4. The number of carbonyl (C=O) groups is 1. The summed E-state index contributed by atoms with van der Waals surface area (Å²) in [4.78, 5) is 12.4. The molecule has 46 heavy (non-hydrogen) atoms. The molecule has 242 valence electrons. The molecule has 0 radical (unpaired) electrons. The average molecular weight is 645 g/mol. The SMILES string of the molecule is Cc1cc(N)ccc1-c1ccc(N)cc1COC(=O)/C=C/c1ccc(OC(F)(F)c2ccc(OCCCC(F)(F)F)cc2F)cc1. The van der Waals surface area contributed by atoms with Gasteiger partial charge in [-0.3, -0.25) is 0 Å². The Kier molecular flexibility index (Phi) is 10.5. The third kappa shape index (κ3) is 9.43. The summed E-state index contributed by atoms with van der Waals surface area (Å²) in [6.07, 6.45) is -7.30. The molecule has 0 saturated heterocycles. The van der Waals surface area contributed by atoms with Crippen LogP contribution < -0.4 is 20.9 Å². The van der Waals surface area contributed by atoms with E-state index >= 15 is 0 Å². The van der Waals surface area contributed by atoms with Gasteiger partial charge in [0.05, 0.1) is 6.61 Å². The van der Waals surface area contributed by atoms with Crippen LogP contribution >= 0.6 is 0 Å². The first kappa shape index (κ1) is 33.8. The third-order valence-corrected chi connectivity index (χ3v) is 6.71. The summed E-state index contributed by atoms with van der Waals surface area (Å²) in [6, 6.07) is 18.4. The van der Waals surface area contributed by atoms with Gasteiger partial charge in [0.2, 0.25) is 0 Å². The number of hydrogen-bond acceptors (Lipinski definition) is 6. The molecule has 0 saturated carbocycles. The van der Waals surface area contributed by atoms with Crippen LogP contribution in [0.1, 0.15) is 35.1 Å². The highest BCUT2D eigenvalue weighted by molar-refractivity contribution is 5.87. The first-order valence-electron chi connectivity index (χ1n) is 14.0. The van der Waals surface area contributed by atoms with Crippen LogP contribution in [0.25, 0.3) is 17.2 Å². The van der Waals surface area contributed by atoms with Crippen molar-refractivity contribution >= 4 is 23.4 Å². The highest BCUT2D eigenvalue weighted by atomic mass is 19.4. The molecule has 0 aliphatic rings. The van der Waals surface area contributed by atoms with Crippen LogP contribution in [0.3, 0.4) is 0 Å². The smallest absolute Gasteiger partial charge is 0.429 e. The van der Waals surface area contributed by atoms with E-state index in [0.717, 1.165) is 28.8 Å². The Hall–Kier alpha value is -5.13. The molecule has 4 aromatic rings. The topological polar surface area (TPSA) is 96.8 Å². The first-order chi connectivity index (χ1) is 21.7. The van der Waals surface area contributed by atoms with Gasteiger partial charge in [0, 0.05) is 29.9 Å². The van der Waals surface area contributed by atoms with E-state index in [-0.39, 0.29) is 31.1 Å². The van der Waals surface area contributed by atoms with Gasteiger partial charge in [0.25, 0.3) is 0 Å². The molecule has 0 fully saturated rings. The van der Waals surface area contributed by atoms with Crippen molar-refractivity contribution in [1.82, 2.24) is 0 Å². The minimum atomic E-state index is -4.36. The Morgan fingerprint density at radius 1 is 0.826 bits per heavy atom. The molecule has 0 aliphatic carbocycles. The van der Waals surface area contributed by atoms with E-state index < -0.39 is 36.1 Å². The minimum Gasteiger partial charge on any atom is -0.493 e. The van der Waals surface area contributed by atoms with Crippen LogP contribution in [0.4, 0.5) is 37.7 Å². The summed E-state index contributed by atoms with van der Waals surface area (Å²) in [5, 5.41) is 0. The van der Waals surface area contributed by atoms with E-state index in [1.54, 1.807) is 18.2 Å². The predicted molar refractivity (Wildman–Crippen MR) is 162 cm³/mol. The van der Waals surface area contributed by atoms with Crippen molar-refractivity contribution in [2.75, 3.05) is 18.1 Å². The Labute approximate surface area is 261 Å². The molecule has 0 bridgehead atoms. The molecule has 0 heterocycles. The number of benzene rings is 4. The van der Waals surface area contributed by atoms with Gasteiger partial charge in [0.15, 0.2) is 0 Å². The molecule has 0 aliphatic heterocycles. The lowest BCUT2D eigenvalue weighted by Crippen LogP contribution is -2.23. The van der Waals surface area contributed by atoms with Crippen molar-refractivity contribution in [3.05, 3.63) is 113 Å². The number of aryl methyl sites for hydroxylation is 1. The molecule has 0 aromatic heterocycles. The third-order valence-electron chi connectivity index (χ3n) is 6.71. The molecule has 12 heteroatoms. The lowest BCUT2D eigenvalue weighted by Gasteiger charge is -2.19. The molecule has 4 aromatic carbocycles. The fourth-order valence-electron chi connectivity index (χ4n) is 4.48. The van der Waals surface area contributed by atoms with E-state index in [2.05, 4.69) is 0 Å². The van der Waals surface area contributed by atoms with Crippen molar-refractivity contribution in [3.8, 4) is 22.6 Å². The van der Waals surface area contributed by atoms with Crippen LogP contribution in [-0.4, -0.2) is 18.8 Å². The zero-order chi connectivity index (χ0) is 33.5. The molecule has 0 spiro atoms. The lowest BCUT2D eigenvalue weighted by atomic mass is 9.95. The van der Waals surface area contributed by atoms with Gasteiger partial charge in [-0.25, -0.2) is 9.18 Å². The number of halogens is 6. The summed E-state index contributed by atoms with van der Waals surface area (Å²) in [5.41, 5.74) is 15.7. The maximum absolute atomic E-state index is 14.7. The number of carbonyl (C=O) groups excluding carboxylic acids is 1. The Balaban J connectivity index is 1.33. The number of hydrogen-bond donors (Lipinski definition) is 2. The quantitative estimate of drug-likeness (QED) is 0.0528. The van der Waals surface area contributed by atoms with Gasteiger partial charge in [-0.15, -0.1) is 0 Å². The van der Waals surface area contributed by atoms with Crippen molar-refractivity contribution in [1.29, 1.82) is 0 Å². The van der Waals surface area contributed by atoms with E-state index in [1.165, 1.54) is 36.4 Å². The van der Waals surface area contributed by atoms with Crippen molar-refractivity contribution in [3.63, 3.8) is 0 Å². The molecular weight excluding hydrogens is 614 g/mol. The molecule has 6 nitrogen and oxygen atoms in total. The van der Waals surface area contributed by atoms with Gasteiger partial charge in [0.1, 0.15) is 29.5 Å². The Morgan fingerprint density at radius 3 is 2.13 bits per heavy atom. The summed E-state index contributed by atoms with van der Waals surface area (Å²) >= 11 is 0. The first-order valence-corrected chi connectivity index (χ1v) is 14.0. The average Bonchev–Trinajstić information content (AvgIpc) is 2.97. The van der Waals surface area contributed by atoms with Crippen LogP contribution in [0.2, 0.25) is 0 Å². The number of rotatable bonds is 12. The van der Waals surface area contributed by atoms with Crippen LogP contribution in [-0.2, 0) is 22.2 Å². The molecule has 0 unspecified atom stereocenters. The summed E-state index contributed by atoms with van der Waals surface area (Å²) in [6.45, 7) is 1.49. The van der Waals surface area contributed by atoms with E-state index in [4.69, 9.17) is 25.7 Å². The van der Waals surface area contributed by atoms with E-state index in [0.29, 0.717) is 28.6 Å². The lowest BCUT2D eigenvalue weighted by molar-refractivity contribution is -0.187.